The number of hydrogen-bond acceptors (Lipinski definition) is 6. The van der Waals surface area contributed by atoms with E-state index in [9.17, 15) is 10.1 Å². The number of ether oxygens (including phenoxy) is 4. The predicted molar refractivity (Wildman–Crippen MR) is 48.9 cm³/mol. The van der Waals surface area contributed by atoms with Crippen molar-refractivity contribution in [2.45, 2.75) is 12.7 Å². The quantitative estimate of drug-likeness (QED) is 0.493. The number of rotatable bonds is 3. The highest BCUT2D eigenvalue weighted by Gasteiger charge is 2.17. The van der Waals surface area contributed by atoms with E-state index in [2.05, 4.69) is 0 Å². The fourth-order valence-electron chi connectivity index (χ4n) is 1.08. The van der Waals surface area contributed by atoms with Crippen molar-refractivity contribution in [3.8, 4) is 0 Å². The van der Waals surface area contributed by atoms with E-state index in [0.29, 0.717) is 26.4 Å². The Hall–Kier alpha value is -0.760. The molecule has 0 radical (unpaired) electrons. The van der Waals surface area contributed by atoms with E-state index in [-0.39, 0.29) is 17.8 Å². The molecule has 0 aromatic heterocycles. The summed E-state index contributed by atoms with van der Waals surface area (Å²) >= 11 is 0. The summed E-state index contributed by atoms with van der Waals surface area (Å²) in [6, 6.07) is 0. The molecule has 15 heavy (non-hydrogen) atoms. The third kappa shape index (κ3) is 6.34. The Labute approximate surface area is 87.4 Å². The van der Waals surface area contributed by atoms with Crippen LogP contribution < -0.4 is 0 Å². The molecule has 0 aliphatic carbocycles. The molecule has 0 saturated carbocycles. The highest BCUT2D eigenvalue weighted by atomic mass is 16.7. The monoisotopic (exact) mass is 221 g/mol. The third-order valence-corrected chi connectivity index (χ3v) is 1.78. The largest absolute Gasteiger partial charge is 0.353 e. The van der Waals surface area contributed by atoms with Gasteiger partial charge in [-0.25, -0.2) is 0 Å². The summed E-state index contributed by atoms with van der Waals surface area (Å²) < 4.78 is 19.4. The summed E-state index contributed by atoms with van der Waals surface area (Å²) in [5.41, 5.74) is 0. The van der Waals surface area contributed by atoms with Crippen molar-refractivity contribution in [2.75, 3.05) is 39.8 Å². The molecule has 2 aliphatic rings. The first-order valence-corrected chi connectivity index (χ1v) is 4.79. The first-order chi connectivity index (χ1) is 7.29. The van der Waals surface area contributed by atoms with Crippen LogP contribution in [-0.2, 0) is 18.9 Å². The average molecular weight is 221 g/mol. The zero-order chi connectivity index (χ0) is 10.9. The van der Waals surface area contributed by atoms with Crippen molar-refractivity contribution in [1.82, 2.24) is 0 Å². The van der Waals surface area contributed by atoms with Crippen molar-refractivity contribution in [2.24, 2.45) is 0 Å². The van der Waals surface area contributed by atoms with Gasteiger partial charge in [0.05, 0.1) is 32.8 Å². The molecule has 2 fully saturated rings. The van der Waals surface area contributed by atoms with Gasteiger partial charge < -0.3 is 18.9 Å². The molecule has 7 nitrogen and oxygen atoms in total. The molecular weight excluding hydrogens is 206 g/mol. The Morgan fingerprint density at radius 3 is 2.13 bits per heavy atom. The van der Waals surface area contributed by atoms with Crippen LogP contribution in [0.15, 0.2) is 0 Å². The summed E-state index contributed by atoms with van der Waals surface area (Å²) in [6.07, 6.45) is 0.0119. The van der Waals surface area contributed by atoms with E-state index in [0.717, 1.165) is 13.2 Å². The minimum atomic E-state index is -0.370. The Balaban J connectivity index is 0.000000187. The highest BCUT2D eigenvalue weighted by Crippen LogP contribution is 2.06. The normalized spacial score (nSPS) is 21.1. The topological polar surface area (TPSA) is 80.1 Å². The van der Waals surface area contributed by atoms with Gasteiger partial charge in [-0.2, -0.15) is 0 Å². The van der Waals surface area contributed by atoms with Crippen LogP contribution in [0.2, 0.25) is 0 Å². The van der Waals surface area contributed by atoms with Gasteiger partial charge in [0, 0.05) is 4.92 Å². The Kier molecular flexibility index (Phi) is 6.17. The van der Waals surface area contributed by atoms with E-state index in [1.54, 1.807) is 0 Å². The highest BCUT2D eigenvalue weighted by molar-refractivity contribution is 4.50. The summed E-state index contributed by atoms with van der Waals surface area (Å²) in [6.45, 7) is 3.09. The second-order valence-corrected chi connectivity index (χ2v) is 2.95. The summed E-state index contributed by atoms with van der Waals surface area (Å²) in [7, 11) is 0. The minimum Gasteiger partial charge on any atom is -0.353 e. The molecule has 0 spiro atoms. The van der Waals surface area contributed by atoms with Gasteiger partial charge in [-0.15, -0.1) is 0 Å². The van der Waals surface area contributed by atoms with Crippen molar-refractivity contribution in [3.05, 3.63) is 10.1 Å². The van der Waals surface area contributed by atoms with Gasteiger partial charge in [0.25, 0.3) is 0 Å². The molecule has 7 heteroatoms. The molecule has 2 heterocycles. The van der Waals surface area contributed by atoms with Gasteiger partial charge in [-0.3, -0.25) is 10.1 Å². The minimum absolute atomic E-state index is 0.0787. The fraction of sp³-hybridized carbons (Fsp3) is 1.00. The Morgan fingerprint density at radius 2 is 1.73 bits per heavy atom. The smallest absolute Gasteiger partial charge is 0.208 e. The van der Waals surface area contributed by atoms with Gasteiger partial charge in [-0.05, 0) is 0 Å². The van der Waals surface area contributed by atoms with Crippen LogP contribution in [0.25, 0.3) is 0 Å². The molecule has 0 aromatic carbocycles. The van der Waals surface area contributed by atoms with Crippen LogP contribution in [0.1, 0.15) is 6.42 Å². The van der Waals surface area contributed by atoms with Crippen molar-refractivity contribution >= 4 is 0 Å². The molecule has 0 atom stereocenters. The van der Waals surface area contributed by atoms with E-state index in [4.69, 9.17) is 18.9 Å². The molecule has 88 valence electrons. The summed E-state index contributed by atoms with van der Waals surface area (Å²) in [5.74, 6) is 0. The Morgan fingerprint density at radius 1 is 1.13 bits per heavy atom. The lowest BCUT2D eigenvalue weighted by molar-refractivity contribution is -0.483. The van der Waals surface area contributed by atoms with Gasteiger partial charge in [0.1, 0.15) is 6.79 Å². The van der Waals surface area contributed by atoms with Gasteiger partial charge in [0.15, 0.2) is 6.29 Å². The molecular formula is C8H15NO6. The Bertz CT molecular complexity index is 170. The second kappa shape index (κ2) is 7.52. The summed E-state index contributed by atoms with van der Waals surface area (Å²) in [4.78, 5) is 9.48. The molecule has 0 bridgehead atoms. The first kappa shape index (κ1) is 12.3. The molecule has 0 amide bonds. The van der Waals surface area contributed by atoms with E-state index >= 15 is 0 Å². The van der Waals surface area contributed by atoms with E-state index in [1.165, 1.54) is 0 Å². The predicted octanol–water partition coefficient (Wildman–Crippen LogP) is 0.0168. The standard InChI is InChI=1S/C5H9NO4.C3H6O2/c7-6(8)2-1-5-9-3-4-10-5;1-2-5-3-4-1/h5H,1-4H2;1-3H2. The van der Waals surface area contributed by atoms with Crippen molar-refractivity contribution in [1.29, 1.82) is 0 Å². The van der Waals surface area contributed by atoms with E-state index < -0.39 is 0 Å². The van der Waals surface area contributed by atoms with Gasteiger partial charge in [0.2, 0.25) is 6.54 Å². The average Bonchev–Trinajstić information content (AvgIpc) is 2.91. The molecule has 0 N–H and O–H groups in total. The van der Waals surface area contributed by atoms with Crippen molar-refractivity contribution < 1.29 is 23.9 Å². The maximum atomic E-state index is 9.85. The van der Waals surface area contributed by atoms with Gasteiger partial charge >= 0.3 is 0 Å². The molecule has 2 saturated heterocycles. The first-order valence-electron chi connectivity index (χ1n) is 4.79. The van der Waals surface area contributed by atoms with Gasteiger partial charge in [-0.1, -0.05) is 0 Å². The maximum absolute atomic E-state index is 9.85. The molecule has 2 rings (SSSR count). The zero-order valence-electron chi connectivity index (χ0n) is 8.42. The molecule has 0 unspecified atom stereocenters. The zero-order valence-corrected chi connectivity index (χ0v) is 8.42. The number of nitrogens with zero attached hydrogens (tertiary/aromatic N) is 1. The van der Waals surface area contributed by atoms with Crippen LogP contribution in [0, 0.1) is 10.1 Å². The number of hydrogen-bond donors (Lipinski definition) is 0. The maximum Gasteiger partial charge on any atom is 0.208 e. The van der Waals surface area contributed by atoms with Crippen LogP contribution in [0.3, 0.4) is 0 Å². The van der Waals surface area contributed by atoms with Crippen LogP contribution in [-0.4, -0.2) is 51.0 Å². The van der Waals surface area contributed by atoms with Crippen LogP contribution in [0.5, 0.6) is 0 Å². The lowest BCUT2D eigenvalue weighted by atomic mass is 10.4. The van der Waals surface area contributed by atoms with Crippen LogP contribution in [0.4, 0.5) is 0 Å². The fourth-order valence-corrected chi connectivity index (χ4v) is 1.08. The van der Waals surface area contributed by atoms with Crippen molar-refractivity contribution in [3.63, 3.8) is 0 Å². The summed E-state index contributed by atoms with van der Waals surface area (Å²) in [5, 5.41) is 9.85. The second-order valence-electron chi connectivity index (χ2n) is 2.95. The third-order valence-electron chi connectivity index (χ3n) is 1.78. The molecule has 2 aliphatic heterocycles. The number of nitro groups is 1. The van der Waals surface area contributed by atoms with E-state index in [1.807, 2.05) is 0 Å². The molecule has 0 aromatic rings. The lowest BCUT2D eigenvalue weighted by Crippen LogP contribution is -2.13. The SMILES string of the molecule is C1COCO1.O=[N+]([O-])CCC1OCCO1. The van der Waals surface area contributed by atoms with Crippen LogP contribution >= 0.6 is 0 Å². The lowest BCUT2D eigenvalue weighted by Gasteiger charge is -2.03.